The molecule has 1 aromatic rings. The lowest BCUT2D eigenvalue weighted by atomic mass is 9.88. The van der Waals surface area contributed by atoms with Crippen molar-refractivity contribution in [3.05, 3.63) is 35.9 Å². The largest absolute Gasteiger partial charge is 0.396 e. The van der Waals surface area contributed by atoms with Crippen LogP contribution in [0.5, 0.6) is 0 Å². The van der Waals surface area contributed by atoms with Crippen molar-refractivity contribution >= 4 is 0 Å². The van der Waals surface area contributed by atoms with Gasteiger partial charge in [0.2, 0.25) is 0 Å². The number of hydrogen-bond donors (Lipinski definition) is 3. The highest BCUT2D eigenvalue weighted by molar-refractivity contribution is 5.13. The van der Waals surface area contributed by atoms with Gasteiger partial charge in [0.15, 0.2) is 0 Å². The molecule has 0 spiro atoms. The van der Waals surface area contributed by atoms with Crippen molar-refractivity contribution in [3.63, 3.8) is 0 Å². The van der Waals surface area contributed by atoms with Crippen molar-refractivity contribution in [3.8, 4) is 0 Å². The molecule has 1 aromatic carbocycles. The molecule has 0 aliphatic rings. The molecule has 0 amide bonds. The summed E-state index contributed by atoms with van der Waals surface area (Å²) in [7, 11) is 0. The van der Waals surface area contributed by atoms with Gasteiger partial charge in [-0.25, -0.2) is 0 Å². The Kier molecular flexibility index (Phi) is 24.5. The van der Waals surface area contributed by atoms with Gasteiger partial charge in [-0.05, 0) is 78.6 Å². The molecular weight excluding hydrogens is 564 g/mol. The number of rotatable bonds is 27. The van der Waals surface area contributed by atoms with Gasteiger partial charge >= 0.3 is 0 Å². The Morgan fingerprint density at radius 3 is 1.11 bits per heavy atom. The van der Waals surface area contributed by atoms with Crippen LogP contribution in [0.4, 0.5) is 0 Å². The van der Waals surface area contributed by atoms with Crippen LogP contribution < -0.4 is 0 Å². The highest BCUT2D eigenvalue weighted by Crippen LogP contribution is 2.25. The second-order valence-corrected chi connectivity index (χ2v) is 16.2. The molecule has 45 heavy (non-hydrogen) atoms. The molecule has 0 atom stereocenters. The Balaban J connectivity index is 0.000000907. The number of unbranched alkanes of at least 4 members (excludes halogenated alkanes) is 4. The molecule has 0 aliphatic carbocycles. The van der Waals surface area contributed by atoms with Gasteiger partial charge in [-0.1, -0.05) is 111 Å². The predicted molar refractivity (Wildman–Crippen MR) is 190 cm³/mol. The van der Waals surface area contributed by atoms with Crippen LogP contribution in [-0.2, 0) is 20.8 Å². The first kappa shape index (κ1) is 44.0. The van der Waals surface area contributed by atoms with E-state index in [9.17, 15) is 5.11 Å². The molecule has 0 bridgehead atoms. The van der Waals surface area contributed by atoms with Crippen LogP contribution in [0, 0.1) is 21.7 Å². The Hall–Kier alpha value is -1.02. The zero-order valence-corrected chi connectivity index (χ0v) is 30.8. The quantitative estimate of drug-likeness (QED) is 0.0834. The summed E-state index contributed by atoms with van der Waals surface area (Å²) >= 11 is 0. The van der Waals surface area contributed by atoms with Gasteiger partial charge in [-0.3, -0.25) is 0 Å². The summed E-state index contributed by atoms with van der Waals surface area (Å²) in [6.45, 7) is 22.8. The molecule has 0 radical (unpaired) electrons. The molecule has 0 heterocycles. The Morgan fingerprint density at radius 1 is 0.444 bits per heavy atom. The monoisotopic (exact) mass is 639 g/mol. The Labute approximate surface area is 278 Å². The van der Waals surface area contributed by atoms with E-state index in [1.54, 1.807) is 0 Å². The third kappa shape index (κ3) is 27.8. The summed E-state index contributed by atoms with van der Waals surface area (Å²) in [5, 5.41) is 27.5. The third-order valence-electron chi connectivity index (χ3n) is 8.46. The van der Waals surface area contributed by atoms with Crippen LogP contribution >= 0.6 is 0 Å². The summed E-state index contributed by atoms with van der Waals surface area (Å²) in [6.07, 6.45) is 13.2. The molecule has 6 nitrogen and oxygen atoms in total. The van der Waals surface area contributed by atoms with E-state index in [-0.39, 0.29) is 41.5 Å². The van der Waals surface area contributed by atoms with Crippen molar-refractivity contribution in [1.82, 2.24) is 0 Å². The van der Waals surface area contributed by atoms with E-state index in [0.29, 0.717) is 6.61 Å². The minimum absolute atomic E-state index is 0.0498. The number of ether oxygens (including phenoxy) is 3. The average molecular weight is 639 g/mol. The molecule has 1 rings (SSSR count). The highest BCUT2D eigenvalue weighted by atomic mass is 16.5. The zero-order chi connectivity index (χ0) is 34.1. The maximum Gasteiger partial charge on any atom is 0.0717 e. The molecule has 0 saturated carbocycles. The zero-order valence-electron chi connectivity index (χ0n) is 30.8. The lowest BCUT2D eigenvalue weighted by Crippen LogP contribution is -2.19. The molecule has 0 unspecified atom stereocenters. The van der Waals surface area contributed by atoms with Crippen LogP contribution in [0.15, 0.2) is 30.3 Å². The van der Waals surface area contributed by atoms with E-state index in [0.717, 1.165) is 104 Å². The fraction of sp³-hybridized carbons (Fsp3) is 0.846. The summed E-state index contributed by atoms with van der Waals surface area (Å²) in [6, 6.07) is 10.4. The second kappa shape index (κ2) is 25.1. The minimum Gasteiger partial charge on any atom is -0.396 e. The van der Waals surface area contributed by atoms with Gasteiger partial charge in [0, 0.05) is 46.2 Å². The van der Waals surface area contributed by atoms with Crippen molar-refractivity contribution in [2.24, 2.45) is 21.7 Å². The SMILES string of the molecule is CC(C)(CO)CCCCOCCCCC(C)(C)CO.CC(C)(CO)CCCCOCCCCC(C)(C)COCc1ccccc1. The summed E-state index contributed by atoms with van der Waals surface area (Å²) in [5.41, 5.74) is 1.60. The topological polar surface area (TPSA) is 88.4 Å². The van der Waals surface area contributed by atoms with E-state index in [1.165, 1.54) is 12.0 Å². The number of aliphatic hydroxyl groups excluding tert-OH is 3. The van der Waals surface area contributed by atoms with E-state index in [1.807, 2.05) is 6.07 Å². The second-order valence-electron chi connectivity index (χ2n) is 16.2. The van der Waals surface area contributed by atoms with Crippen LogP contribution in [0.25, 0.3) is 0 Å². The van der Waals surface area contributed by atoms with Gasteiger partial charge in [-0.15, -0.1) is 0 Å². The molecule has 0 aliphatic heterocycles. The molecule has 0 saturated heterocycles. The van der Waals surface area contributed by atoms with Crippen LogP contribution in [0.2, 0.25) is 0 Å². The number of aliphatic hydroxyl groups is 3. The number of hydrogen-bond acceptors (Lipinski definition) is 6. The maximum atomic E-state index is 9.23. The lowest BCUT2D eigenvalue weighted by molar-refractivity contribution is 0.0439. The fourth-order valence-electron chi connectivity index (χ4n) is 4.76. The van der Waals surface area contributed by atoms with Gasteiger partial charge in [-0.2, -0.15) is 0 Å². The first-order valence-electron chi connectivity index (χ1n) is 17.8. The maximum absolute atomic E-state index is 9.23. The average Bonchev–Trinajstić information content (AvgIpc) is 3.00. The van der Waals surface area contributed by atoms with Crippen molar-refractivity contribution < 1.29 is 29.5 Å². The number of benzene rings is 1. The van der Waals surface area contributed by atoms with Crippen LogP contribution in [-0.4, -0.2) is 68.2 Å². The van der Waals surface area contributed by atoms with Gasteiger partial charge < -0.3 is 29.5 Å². The van der Waals surface area contributed by atoms with Crippen molar-refractivity contribution in [2.45, 2.75) is 139 Å². The molecule has 0 aromatic heterocycles. The smallest absolute Gasteiger partial charge is 0.0717 e. The Bertz CT molecular complexity index is 768. The Morgan fingerprint density at radius 2 is 0.778 bits per heavy atom. The standard InChI is InChI=1S/C23H40O3.C16H34O3/c1-22(2,19-24)14-8-10-16-25-17-11-9-15-23(3,4)20-26-18-21-12-6-5-7-13-21;1-15(2,13-17)9-5-7-11-19-12-8-6-10-16(3,4)14-18/h5-7,12-13,24H,8-11,14-20H2,1-4H3;17-18H,5-14H2,1-4H3. The summed E-state index contributed by atoms with van der Waals surface area (Å²) in [5.74, 6) is 0. The van der Waals surface area contributed by atoms with E-state index >= 15 is 0 Å². The van der Waals surface area contributed by atoms with Gasteiger partial charge in [0.1, 0.15) is 0 Å². The summed E-state index contributed by atoms with van der Waals surface area (Å²) < 4.78 is 17.2. The summed E-state index contributed by atoms with van der Waals surface area (Å²) in [4.78, 5) is 0. The van der Waals surface area contributed by atoms with Gasteiger partial charge in [0.05, 0.1) is 13.2 Å². The highest BCUT2D eigenvalue weighted by Gasteiger charge is 2.18. The van der Waals surface area contributed by atoms with Crippen molar-refractivity contribution in [2.75, 3.05) is 52.9 Å². The van der Waals surface area contributed by atoms with Crippen LogP contribution in [0.3, 0.4) is 0 Å². The first-order chi connectivity index (χ1) is 21.2. The lowest BCUT2D eigenvalue weighted by Gasteiger charge is -2.24. The van der Waals surface area contributed by atoms with E-state index < -0.39 is 0 Å². The first-order valence-corrected chi connectivity index (χ1v) is 17.8. The van der Waals surface area contributed by atoms with E-state index in [2.05, 4.69) is 79.7 Å². The molecule has 6 heteroatoms. The predicted octanol–water partition coefficient (Wildman–Crippen LogP) is 8.99. The molecular formula is C39H74O6. The van der Waals surface area contributed by atoms with Crippen LogP contribution in [0.1, 0.15) is 138 Å². The molecule has 0 fully saturated rings. The van der Waals surface area contributed by atoms with Gasteiger partial charge in [0.25, 0.3) is 0 Å². The minimum atomic E-state index is 0.0498. The third-order valence-corrected chi connectivity index (χ3v) is 8.46. The molecule has 266 valence electrons. The molecule has 3 N–H and O–H groups in total. The van der Waals surface area contributed by atoms with E-state index in [4.69, 9.17) is 24.4 Å². The normalized spacial score (nSPS) is 12.7. The van der Waals surface area contributed by atoms with Crippen molar-refractivity contribution in [1.29, 1.82) is 0 Å². The fourth-order valence-corrected chi connectivity index (χ4v) is 4.76.